The fraction of sp³-hybridized carbons (Fsp3) is 0.380. The molecule has 1 aromatic heterocycles. The third kappa shape index (κ3) is 14.9. The number of rotatable bonds is 23. The normalized spacial score (nSPS) is 19.2. The van der Waals surface area contributed by atoms with E-state index in [2.05, 4.69) is 4.98 Å². The summed E-state index contributed by atoms with van der Waals surface area (Å²) in [4.78, 5) is 28.4. The van der Waals surface area contributed by atoms with Crippen molar-refractivity contribution in [2.24, 2.45) is 0 Å². The van der Waals surface area contributed by atoms with Crippen molar-refractivity contribution >= 4 is 23.7 Å². The number of hydrogen-bond donors (Lipinski definition) is 0. The number of esters is 2. The van der Waals surface area contributed by atoms with E-state index >= 15 is 0 Å². The maximum atomic E-state index is 14.1. The quantitative estimate of drug-likeness (QED) is 0.0353. The van der Waals surface area contributed by atoms with Crippen molar-refractivity contribution in [3.63, 3.8) is 0 Å². The van der Waals surface area contributed by atoms with Gasteiger partial charge in [0.2, 0.25) is 0 Å². The van der Waals surface area contributed by atoms with Gasteiger partial charge < -0.3 is 37.9 Å². The molecule has 1 aliphatic rings. The lowest BCUT2D eigenvalue weighted by Crippen LogP contribution is -2.60. The highest BCUT2D eigenvalue weighted by atomic mass is 32.2. The van der Waals surface area contributed by atoms with Gasteiger partial charge in [0.05, 0.1) is 57.5 Å². The van der Waals surface area contributed by atoms with Crippen LogP contribution in [0.4, 0.5) is 13.2 Å². The van der Waals surface area contributed by atoms with Gasteiger partial charge in [-0.3, -0.25) is 0 Å². The highest BCUT2D eigenvalue weighted by molar-refractivity contribution is 8.01. The molecule has 6 rings (SSSR count). The number of aromatic nitrogens is 1. The average molecular weight is 918 g/mol. The van der Waals surface area contributed by atoms with Gasteiger partial charge >= 0.3 is 18.1 Å². The van der Waals surface area contributed by atoms with Crippen LogP contribution < -0.4 is 0 Å². The standard InChI is InChI=1S/C50H54F3NO10S/c1-4-58-46(55)49(64-47(56)50(51,52)53,65-42-27-17-18-28-54-42)30-40(35-57-31-36-19-9-5-10-20-36)62-43-29-41(59-32-37-21-11-6-12-22-37)44(60-33-38-23-13-7-14-24-38)45(63-43)48(2,3)61-34-39-25-15-8-16-26-39/h5-28,40-41,43-45H,4,29-35H2,1-3H3/t40-,41+,43-,44-,45-,49?/m0/s1. The summed E-state index contributed by atoms with van der Waals surface area (Å²) in [6.07, 6.45) is -9.41. The maximum absolute atomic E-state index is 14.1. The zero-order chi connectivity index (χ0) is 46.1. The molecule has 15 heteroatoms. The number of ether oxygens (including phenoxy) is 8. The van der Waals surface area contributed by atoms with E-state index in [0.29, 0.717) is 11.8 Å². The second-order valence-electron chi connectivity index (χ2n) is 15.8. The predicted molar refractivity (Wildman–Crippen MR) is 236 cm³/mol. The SMILES string of the molecule is CCOC(=O)C(C[C@@H](COCc1ccccc1)O[C@@H]1C[C@@H](OCc2ccccc2)[C@H](OCc2ccccc2)[C@@H](C(C)(C)OCc2ccccc2)O1)(OC(=O)C(F)(F)F)Sc1ccccn1. The smallest absolute Gasteiger partial charge is 0.462 e. The Morgan fingerprint density at radius 1 is 0.723 bits per heavy atom. The van der Waals surface area contributed by atoms with Crippen molar-refractivity contribution in [1.29, 1.82) is 0 Å². The molecule has 1 unspecified atom stereocenters. The maximum Gasteiger partial charge on any atom is 0.490 e. The van der Waals surface area contributed by atoms with Gasteiger partial charge in [-0.15, -0.1) is 0 Å². The lowest BCUT2D eigenvalue weighted by molar-refractivity contribution is -0.317. The number of thioether (sulfide) groups is 1. The van der Waals surface area contributed by atoms with E-state index in [0.717, 1.165) is 22.3 Å². The van der Waals surface area contributed by atoms with Crippen LogP contribution in [0.3, 0.4) is 0 Å². The zero-order valence-electron chi connectivity index (χ0n) is 36.5. The van der Waals surface area contributed by atoms with E-state index in [4.69, 9.17) is 37.9 Å². The Balaban J connectivity index is 1.38. The van der Waals surface area contributed by atoms with Crippen LogP contribution in [0.5, 0.6) is 0 Å². The molecule has 346 valence electrons. The second-order valence-corrected chi connectivity index (χ2v) is 17.1. The molecule has 1 aliphatic heterocycles. The molecule has 1 fully saturated rings. The summed E-state index contributed by atoms with van der Waals surface area (Å²) in [5.41, 5.74) is 2.47. The van der Waals surface area contributed by atoms with Gasteiger partial charge in [0.25, 0.3) is 4.93 Å². The minimum absolute atomic E-state index is 0.0644. The van der Waals surface area contributed by atoms with Crippen molar-refractivity contribution in [2.45, 2.75) is 112 Å². The topological polar surface area (TPSA) is 121 Å². The molecule has 65 heavy (non-hydrogen) atoms. The third-order valence-corrected chi connectivity index (χ3v) is 11.6. The number of pyridine rings is 1. The molecule has 11 nitrogen and oxygen atoms in total. The molecular formula is C50H54F3NO10S. The summed E-state index contributed by atoms with van der Waals surface area (Å²) < 4.78 is 92.6. The summed E-state index contributed by atoms with van der Waals surface area (Å²) in [6.45, 7) is 5.44. The van der Waals surface area contributed by atoms with Crippen molar-refractivity contribution < 1.29 is 60.7 Å². The van der Waals surface area contributed by atoms with Gasteiger partial charge in [0.1, 0.15) is 17.2 Å². The molecule has 1 saturated heterocycles. The second kappa shape index (κ2) is 23.9. The van der Waals surface area contributed by atoms with Crippen LogP contribution in [-0.4, -0.2) is 77.6 Å². The van der Waals surface area contributed by atoms with Crippen molar-refractivity contribution in [2.75, 3.05) is 13.2 Å². The molecule has 6 atom stereocenters. The zero-order valence-corrected chi connectivity index (χ0v) is 37.3. The van der Waals surface area contributed by atoms with Crippen molar-refractivity contribution in [1.82, 2.24) is 4.98 Å². The minimum Gasteiger partial charge on any atom is -0.462 e. The van der Waals surface area contributed by atoms with Crippen molar-refractivity contribution in [3.8, 4) is 0 Å². The number of benzene rings is 4. The Morgan fingerprint density at radius 2 is 1.26 bits per heavy atom. The number of halogens is 3. The van der Waals surface area contributed by atoms with Gasteiger partial charge in [-0.2, -0.15) is 13.2 Å². The lowest BCUT2D eigenvalue weighted by Gasteiger charge is -2.48. The number of carbonyl (C=O) groups excluding carboxylic acids is 2. The molecule has 0 spiro atoms. The van der Waals surface area contributed by atoms with Crippen LogP contribution in [0, 0.1) is 0 Å². The first-order chi connectivity index (χ1) is 31.3. The number of nitrogens with zero attached hydrogens (tertiary/aromatic N) is 1. The molecule has 0 radical (unpaired) electrons. The van der Waals surface area contributed by atoms with Crippen LogP contribution in [0.2, 0.25) is 0 Å². The molecule has 0 amide bonds. The van der Waals surface area contributed by atoms with Crippen LogP contribution in [0.25, 0.3) is 0 Å². The molecule has 2 heterocycles. The van der Waals surface area contributed by atoms with Crippen LogP contribution in [-0.2, 0) is 73.9 Å². The Kier molecular flexibility index (Phi) is 18.1. The van der Waals surface area contributed by atoms with E-state index in [9.17, 15) is 22.8 Å². The van der Waals surface area contributed by atoms with Gasteiger partial charge in [0, 0.05) is 19.0 Å². The summed E-state index contributed by atoms with van der Waals surface area (Å²) in [5.74, 6) is -3.85. The number of alkyl halides is 3. The van der Waals surface area contributed by atoms with Gasteiger partial charge in [-0.05, 0) is 66.9 Å². The van der Waals surface area contributed by atoms with E-state index in [-0.39, 0.29) is 51.1 Å². The average Bonchev–Trinajstić information content (AvgIpc) is 3.31. The fourth-order valence-electron chi connectivity index (χ4n) is 7.13. The van der Waals surface area contributed by atoms with Gasteiger partial charge in [-0.1, -0.05) is 127 Å². The van der Waals surface area contributed by atoms with E-state index in [1.807, 2.05) is 135 Å². The van der Waals surface area contributed by atoms with E-state index in [1.165, 1.54) is 19.2 Å². The first-order valence-electron chi connectivity index (χ1n) is 21.3. The largest absolute Gasteiger partial charge is 0.490 e. The lowest BCUT2D eigenvalue weighted by atomic mass is 9.89. The Labute approximate surface area is 381 Å². The van der Waals surface area contributed by atoms with Crippen LogP contribution in [0.15, 0.2) is 151 Å². The fourth-order valence-corrected chi connectivity index (χ4v) is 8.26. The molecular weight excluding hydrogens is 864 g/mol. The highest BCUT2D eigenvalue weighted by Gasteiger charge is 2.55. The monoisotopic (exact) mass is 917 g/mol. The Bertz CT molecular complexity index is 2180. The van der Waals surface area contributed by atoms with Gasteiger partial charge in [0.15, 0.2) is 6.29 Å². The summed E-state index contributed by atoms with van der Waals surface area (Å²) in [5, 5.41) is 0.0820. The van der Waals surface area contributed by atoms with E-state index < -0.39 is 65.8 Å². The molecule has 5 aromatic rings. The number of hydrogen-bond acceptors (Lipinski definition) is 12. The van der Waals surface area contributed by atoms with Crippen molar-refractivity contribution in [3.05, 3.63) is 168 Å². The highest BCUT2D eigenvalue weighted by Crippen LogP contribution is 2.42. The van der Waals surface area contributed by atoms with E-state index in [1.54, 1.807) is 12.1 Å². The first-order valence-corrected chi connectivity index (χ1v) is 22.1. The first kappa shape index (κ1) is 49.3. The molecule has 4 aromatic carbocycles. The Morgan fingerprint density at radius 3 is 1.80 bits per heavy atom. The number of carbonyl (C=O) groups is 2. The summed E-state index contributed by atoms with van der Waals surface area (Å²) in [7, 11) is 0. The minimum atomic E-state index is -5.47. The van der Waals surface area contributed by atoms with Crippen LogP contribution in [0.1, 0.15) is 55.9 Å². The molecule has 0 bridgehead atoms. The van der Waals surface area contributed by atoms with Gasteiger partial charge in [-0.25, -0.2) is 14.6 Å². The Hall–Kier alpha value is -5.13. The summed E-state index contributed by atoms with van der Waals surface area (Å²) >= 11 is 0.500. The summed E-state index contributed by atoms with van der Waals surface area (Å²) in [6, 6.07) is 42.8. The molecule has 0 aliphatic carbocycles. The van der Waals surface area contributed by atoms with Crippen LogP contribution >= 0.6 is 11.8 Å². The third-order valence-electron chi connectivity index (χ3n) is 10.4. The predicted octanol–water partition coefficient (Wildman–Crippen LogP) is 9.81. The molecule has 0 saturated carbocycles. The molecule has 0 N–H and O–H groups in total.